The molecule has 0 aliphatic heterocycles. The number of unbranched alkanes of at least 4 members (excludes halogenated alkanes) is 2. The maximum atomic E-state index is 8.61. The molecule has 3 nitrogen and oxygen atoms in total. The Labute approximate surface area is 91.5 Å². The molecule has 0 amide bonds. The summed E-state index contributed by atoms with van der Waals surface area (Å²) in [6.07, 6.45) is 5.78. The second kappa shape index (κ2) is 7.49. The van der Waals surface area contributed by atoms with Crippen molar-refractivity contribution in [3.8, 4) is 0 Å². The van der Waals surface area contributed by atoms with Gasteiger partial charge in [0, 0.05) is 19.1 Å². The fourth-order valence-electron chi connectivity index (χ4n) is 1.56. The first kappa shape index (κ1) is 12.3. The van der Waals surface area contributed by atoms with Crippen LogP contribution in [0.1, 0.15) is 31.9 Å². The van der Waals surface area contributed by atoms with Crippen LogP contribution >= 0.6 is 0 Å². The third kappa shape index (κ3) is 5.60. The van der Waals surface area contributed by atoms with Crippen LogP contribution in [0.3, 0.4) is 0 Å². The van der Waals surface area contributed by atoms with E-state index in [9.17, 15) is 0 Å². The second-order valence-corrected chi connectivity index (χ2v) is 3.92. The number of hydrogen-bond donors (Lipinski definition) is 2. The molecule has 1 atom stereocenters. The molecular weight excluding hydrogens is 190 g/mol. The van der Waals surface area contributed by atoms with E-state index < -0.39 is 0 Å². The van der Waals surface area contributed by atoms with Gasteiger partial charge >= 0.3 is 0 Å². The van der Waals surface area contributed by atoms with Crippen LogP contribution in [0, 0.1) is 0 Å². The molecule has 0 spiro atoms. The molecule has 0 saturated heterocycles. The van der Waals surface area contributed by atoms with Crippen molar-refractivity contribution in [2.75, 3.05) is 13.2 Å². The van der Waals surface area contributed by atoms with Gasteiger partial charge in [-0.15, -0.1) is 0 Å². The first-order valence-corrected chi connectivity index (χ1v) is 5.69. The van der Waals surface area contributed by atoms with Gasteiger partial charge < -0.3 is 14.8 Å². The Kier molecular flexibility index (Phi) is 6.12. The Morgan fingerprint density at radius 3 is 2.93 bits per heavy atom. The summed E-state index contributed by atoms with van der Waals surface area (Å²) in [7, 11) is 0. The number of rotatable bonds is 8. The van der Waals surface area contributed by atoms with E-state index in [1.165, 1.54) is 0 Å². The maximum Gasteiger partial charge on any atom is 0.105 e. The normalized spacial score (nSPS) is 12.9. The van der Waals surface area contributed by atoms with Crippen LogP contribution in [0.15, 0.2) is 22.8 Å². The molecule has 0 saturated carbocycles. The first-order chi connectivity index (χ1) is 7.33. The van der Waals surface area contributed by atoms with Crippen LogP contribution in [0.5, 0.6) is 0 Å². The van der Waals surface area contributed by atoms with E-state index in [2.05, 4.69) is 12.2 Å². The first-order valence-electron chi connectivity index (χ1n) is 5.69. The zero-order valence-corrected chi connectivity index (χ0v) is 9.41. The Morgan fingerprint density at radius 2 is 2.27 bits per heavy atom. The van der Waals surface area contributed by atoms with Crippen LogP contribution in [0.25, 0.3) is 0 Å². The maximum absolute atomic E-state index is 8.61. The van der Waals surface area contributed by atoms with Gasteiger partial charge in [0.2, 0.25) is 0 Å². The van der Waals surface area contributed by atoms with Gasteiger partial charge in [0.25, 0.3) is 0 Å². The Morgan fingerprint density at radius 1 is 1.40 bits per heavy atom. The monoisotopic (exact) mass is 211 g/mol. The van der Waals surface area contributed by atoms with Crippen molar-refractivity contribution in [1.82, 2.24) is 5.32 Å². The largest absolute Gasteiger partial charge is 0.469 e. The summed E-state index contributed by atoms with van der Waals surface area (Å²) < 4.78 is 5.28. The smallest absolute Gasteiger partial charge is 0.105 e. The molecule has 0 fully saturated rings. The molecule has 0 aromatic carbocycles. The molecule has 1 rings (SSSR count). The Hall–Kier alpha value is -0.800. The van der Waals surface area contributed by atoms with Gasteiger partial charge in [0.1, 0.15) is 5.76 Å². The highest BCUT2D eigenvalue weighted by molar-refractivity contribution is 4.99. The molecular formula is C12H21NO2. The fraction of sp³-hybridized carbons (Fsp3) is 0.667. The molecule has 0 aliphatic carbocycles. The van der Waals surface area contributed by atoms with Crippen molar-refractivity contribution >= 4 is 0 Å². The standard InChI is InChI=1S/C12H21NO2/c1-11(10-12-6-5-9-15-12)13-7-3-2-4-8-14/h5-6,9,11,13-14H,2-4,7-8,10H2,1H3. The van der Waals surface area contributed by atoms with Gasteiger partial charge in [-0.2, -0.15) is 0 Å². The van der Waals surface area contributed by atoms with E-state index in [0.717, 1.165) is 38.0 Å². The second-order valence-electron chi connectivity index (χ2n) is 3.92. The van der Waals surface area contributed by atoms with Crippen molar-refractivity contribution < 1.29 is 9.52 Å². The third-order valence-electron chi connectivity index (χ3n) is 2.42. The molecule has 1 heterocycles. The van der Waals surface area contributed by atoms with Crippen molar-refractivity contribution in [3.05, 3.63) is 24.2 Å². The molecule has 0 radical (unpaired) electrons. The van der Waals surface area contributed by atoms with Gasteiger partial charge in [-0.25, -0.2) is 0 Å². The summed E-state index contributed by atoms with van der Waals surface area (Å²) in [6, 6.07) is 4.37. The molecule has 1 unspecified atom stereocenters. The van der Waals surface area contributed by atoms with E-state index in [0.29, 0.717) is 12.6 Å². The number of aliphatic hydroxyl groups excluding tert-OH is 1. The molecule has 1 aromatic rings. The summed E-state index contributed by atoms with van der Waals surface area (Å²) >= 11 is 0. The lowest BCUT2D eigenvalue weighted by atomic mass is 10.2. The van der Waals surface area contributed by atoms with Crippen LogP contribution in [0.4, 0.5) is 0 Å². The van der Waals surface area contributed by atoms with Crippen molar-refractivity contribution in [3.63, 3.8) is 0 Å². The predicted molar refractivity (Wildman–Crippen MR) is 60.8 cm³/mol. The average molecular weight is 211 g/mol. The van der Waals surface area contributed by atoms with E-state index in [1.807, 2.05) is 12.1 Å². The summed E-state index contributed by atoms with van der Waals surface area (Å²) in [5, 5.41) is 12.1. The molecule has 86 valence electrons. The van der Waals surface area contributed by atoms with Gasteiger partial charge in [-0.3, -0.25) is 0 Å². The number of nitrogens with one attached hydrogen (secondary N) is 1. The fourth-order valence-corrected chi connectivity index (χ4v) is 1.56. The van der Waals surface area contributed by atoms with Crippen molar-refractivity contribution in [2.45, 2.75) is 38.6 Å². The minimum atomic E-state index is 0.307. The third-order valence-corrected chi connectivity index (χ3v) is 2.42. The highest BCUT2D eigenvalue weighted by atomic mass is 16.3. The lowest BCUT2D eigenvalue weighted by Gasteiger charge is -2.11. The summed E-state index contributed by atoms with van der Waals surface area (Å²) in [6.45, 7) is 3.48. The average Bonchev–Trinajstić information content (AvgIpc) is 2.70. The van der Waals surface area contributed by atoms with E-state index >= 15 is 0 Å². The zero-order valence-electron chi connectivity index (χ0n) is 9.41. The summed E-state index contributed by atoms with van der Waals surface area (Å²) in [4.78, 5) is 0. The minimum absolute atomic E-state index is 0.307. The summed E-state index contributed by atoms with van der Waals surface area (Å²) in [5.41, 5.74) is 0. The molecule has 3 heteroatoms. The number of hydrogen-bond acceptors (Lipinski definition) is 3. The SMILES string of the molecule is CC(Cc1ccco1)NCCCCCO. The number of aliphatic hydroxyl groups is 1. The Balaban J connectivity index is 2.01. The molecule has 0 aliphatic rings. The zero-order chi connectivity index (χ0) is 10.9. The quantitative estimate of drug-likeness (QED) is 0.646. The van der Waals surface area contributed by atoms with Crippen LogP contribution in [-0.2, 0) is 6.42 Å². The van der Waals surface area contributed by atoms with E-state index in [4.69, 9.17) is 9.52 Å². The Bertz CT molecular complexity index is 234. The van der Waals surface area contributed by atoms with Gasteiger partial charge in [-0.1, -0.05) is 0 Å². The molecule has 0 bridgehead atoms. The highest BCUT2D eigenvalue weighted by Crippen LogP contribution is 2.03. The van der Waals surface area contributed by atoms with Gasteiger partial charge in [0.05, 0.1) is 6.26 Å². The van der Waals surface area contributed by atoms with Crippen LogP contribution < -0.4 is 5.32 Å². The lowest BCUT2D eigenvalue weighted by Crippen LogP contribution is -2.28. The van der Waals surface area contributed by atoms with E-state index in [-0.39, 0.29) is 0 Å². The topological polar surface area (TPSA) is 45.4 Å². The van der Waals surface area contributed by atoms with Crippen LogP contribution in [-0.4, -0.2) is 24.3 Å². The lowest BCUT2D eigenvalue weighted by molar-refractivity contribution is 0.282. The minimum Gasteiger partial charge on any atom is -0.469 e. The molecule has 2 N–H and O–H groups in total. The predicted octanol–water partition coefficient (Wildman–Crippen LogP) is 1.96. The van der Waals surface area contributed by atoms with Crippen LogP contribution in [0.2, 0.25) is 0 Å². The highest BCUT2D eigenvalue weighted by Gasteiger charge is 2.03. The van der Waals surface area contributed by atoms with Crippen molar-refractivity contribution in [2.24, 2.45) is 0 Å². The van der Waals surface area contributed by atoms with Gasteiger partial charge in [0.15, 0.2) is 0 Å². The van der Waals surface area contributed by atoms with Gasteiger partial charge in [-0.05, 0) is 44.9 Å². The number of furan rings is 1. The summed E-state index contributed by atoms with van der Waals surface area (Å²) in [5.74, 6) is 1.03. The molecule has 1 aromatic heterocycles. The van der Waals surface area contributed by atoms with E-state index in [1.54, 1.807) is 6.26 Å². The molecule has 15 heavy (non-hydrogen) atoms. The van der Waals surface area contributed by atoms with Crippen molar-refractivity contribution in [1.29, 1.82) is 0 Å².